The first kappa shape index (κ1) is 17.9. The van der Waals surface area contributed by atoms with Crippen LogP contribution in [0.15, 0.2) is 78.4 Å². The first-order valence-electron chi connectivity index (χ1n) is 9.06. The van der Waals surface area contributed by atoms with Crippen molar-refractivity contribution in [3.8, 4) is 16.9 Å². The average molecular weight is 372 g/mol. The quantitative estimate of drug-likeness (QED) is 0.652. The number of hydrogen-bond donors (Lipinski definition) is 1. The largest absolute Gasteiger partial charge is 0.507 e. The molecule has 3 aromatic carbocycles. The fourth-order valence-corrected chi connectivity index (χ4v) is 3.36. The number of carbonyl (C=O) groups is 1. The van der Waals surface area contributed by atoms with Crippen LogP contribution in [-0.4, -0.2) is 24.8 Å². The molecule has 0 amide bonds. The van der Waals surface area contributed by atoms with Gasteiger partial charge in [-0.3, -0.25) is 0 Å². The van der Waals surface area contributed by atoms with Crippen LogP contribution in [0, 0.1) is 0 Å². The minimum absolute atomic E-state index is 0.278. The Hall–Kier alpha value is -3.53. The fourth-order valence-electron chi connectivity index (χ4n) is 3.36. The topological polar surface area (TPSA) is 55.8 Å². The van der Waals surface area contributed by atoms with Gasteiger partial charge in [0.2, 0.25) is 0 Å². The van der Waals surface area contributed by atoms with E-state index in [1.54, 1.807) is 12.1 Å². The number of aliphatic hydroxyl groups is 1. The summed E-state index contributed by atoms with van der Waals surface area (Å²) in [4.78, 5) is 11.8. The molecule has 0 saturated heterocycles. The third-order valence-corrected chi connectivity index (χ3v) is 4.85. The van der Waals surface area contributed by atoms with Crippen molar-refractivity contribution in [2.45, 2.75) is 6.42 Å². The number of methoxy groups -OCH3 is 1. The Kier molecular flexibility index (Phi) is 4.85. The second-order valence-corrected chi connectivity index (χ2v) is 6.69. The maximum absolute atomic E-state index is 11.8. The van der Waals surface area contributed by atoms with Crippen LogP contribution in [0.3, 0.4) is 0 Å². The summed E-state index contributed by atoms with van der Waals surface area (Å²) in [6, 6.07) is 22.9. The lowest BCUT2D eigenvalue weighted by atomic mass is 9.96. The van der Waals surface area contributed by atoms with E-state index < -0.39 is 0 Å². The highest BCUT2D eigenvalue weighted by Gasteiger charge is 2.20. The van der Waals surface area contributed by atoms with E-state index in [2.05, 4.69) is 0 Å². The molecule has 3 aromatic rings. The molecule has 28 heavy (non-hydrogen) atoms. The number of benzene rings is 3. The van der Waals surface area contributed by atoms with Crippen molar-refractivity contribution in [1.29, 1.82) is 0 Å². The Balaban J connectivity index is 1.65. The summed E-state index contributed by atoms with van der Waals surface area (Å²) in [5.41, 5.74) is 4.96. The molecule has 140 valence electrons. The average Bonchev–Trinajstić information content (AvgIpc) is 2.76. The van der Waals surface area contributed by atoms with E-state index in [-0.39, 0.29) is 11.7 Å². The lowest BCUT2D eigenvalue weighted by molar-refractivity contribution is 0.0601. The highest BCUT2D eigenvalue weighted by molar-refractivity contribution is 5.91. The molecule has 1 aliphatic rings. The number of fused-ring (bicyclic) bond motifs is 1. The lowest BCUT2D eigenvalue weighted by Gasteiger charge is -2.22. The van der Waals surface area contributed by atoms with E-state index >= 15 is 0 Å². The van der Waals surface area contributed by atoms with Gasteiger partial charge in [0.25, 0.3) is 0 Å². The monoisotopic (exact) mass is 372 g/mol. The van der Waals surface area contributed by atoms with Gasteiger partial charge in [0.15, 0.2) is 0 Å². The summed E-state index contributed by atoms with van der Waals surface area (Å²) < 4.78 is 10.7. The van der Waals surface area contributed by atoms with Gasteiger partial charge in [-0.15, -0.1) is 0 Å². The standard InChI is InChI=1S/C24H20O4/c1-27-24(26)19-9-5-8-17(13-19)18-10-11-21-22(14-18)28-15-20(23(21)25)12-16-6-3-2-4-7-16/h2-11,13-14,25H,12,15H2,1H3. The Labute approximate surface area is 163 Å². The highest BCUT2D eigenvalue weighted by Crippen LogP contribution is 2.36. The van der Waals surface area contributed by atoms with E-state index in [0.717, 1.165) is 22.3 Å². The van der Waals surface area contributed by atoms with Crippen molar-refractivity contribution >= 4 is 11.7 Å². The normalized spacial score (nSPS) is 12.9. The summed E-state index contributed by atoms with van der Waals surface area (Å²) in [7, 11) is 1.36. The van der Waals surface area contributed by atoms with Crippen LogP contribution >= 0.6 is 0 Å². The highest BCUT2D eigenvalue weighted by atomic mass is 16.5. The molecule has 0 radical (unpaired) electrons. The minimum Gasteiger partial charge on any atom is -0.507 e. The summed E-state index contributed by atoms with van der Waals surface area (Å²) in [5, 5.41) is 10.7. The predicted molar refractivity (Wildman–Crippen MR) is 108 cm³/mol. The van der Waals surface area contributed by atoms with Crippen LogP contribution in [0.4, 0.5) is 0 Å². The molecule has 1 N–H and O–H groups in total. The third kappa shape index (κ3) is 3.49. The van der Waals surface area contributed by atoms with Gasteiger partial charge in [-0.1, -0.05) is 48.5 Å². The Bertz CT molecular complexity index is 1050. The van der Waals surface area contributed by atoms with Crippen LogP contribution in [0.5, 0.6) is 5.75 Å². The van der Waals surface area contributed by atoms with Gasteiger partial charge < -0.3 is 14.6 Å². The van der Waals surface area contributed by atoms with Gasteiger partial charge >= 0.3 is 5.97 Å². The first-order valence-corrected chi connectivity index (χ1v) is 9.06. The number of carbonyl (C=O) groups excluding carboxylic acids is 1. The number of rotatable bonds is 4. The molecular formula is C24H20O4. The summed E-state index contributed by atoms with van der Waals surface area (Å²) in [6.07, 6.45) is 0.648. The van der Waals surface area contributed by atoms with E-state index in [4.69, 9.17) is 9.47 Å². The second kappa shape index (κ2) is 7.61. The SMILES string of the molecule is COC(=O)c1cccc(-c2ccc3c(c2)OCC(Cc2ccccc2)=C3O)c1. The number of esters is 1. The number of aliphatic hydroxyl groups excluding tert-OH is 1. The van der Waals surface area contributed by atoms with Gasteiger partial charge in [-0.25, -0.2) is 4.79 Å². The molecule has 0 aliphatic carbocycles. The van der Waals surface area contributed by atoms with Gasteiger partial charge in [-0.05, 0) is 41.0 Å². The van der Waals surface area contributed by atoms with Gasteiger partial charge in [0, 0.05) is 12.0 Å². The molecule has 0 atom stereocenters. The Morgan fingerprint density at radius 3 is 2.57 bits per heavy atom. The summed E-state index contributed by atoms with van der Waals surface area (Å²) in [5.74, 6) is 0.539. The Morgan fingerprint density at radius 2 is 1.79 bits per heavy atom. The predicted octanol–water partition coefficient (Wildman–Crippen LogP) is 5.04. The van der Waals surface area contributed by atoms with E-state index in [0.29, 0.717) is 29.9 Å². The third-order valence-electron chi connectivity index (χ3n) is 4.85. The minimum atomic E-state index is -0.373. The molecule has 0 spiro atoms. The van der Waals surface area contributed by atoms with Gasteiger partial charge in [0.1, 0.15) is 18.1 Å². The van der Waals surface area contributed by atoms with Crippen molar-refractivity contribution in [2.75, 3.05) is 13.7 Å². The van der Waals surface area contributed by atoms with Crippen LogP contribution in [0.25, 0.3) is 16.9 Å². The van der Waals surface area contributed by atoms with Crippen LogP contribution in [0.2, 0.25) is 0 Å². The fraction of sp³-hybridized carbons (Fsp3) is 0.125. The zero-order valence-corrected chi connectivity index (χ0v) is 15.5. The second-order valence-electron chi connectivity index (χ2n) is 6.69. The molecule has 0 bridgehead atoms. The van der Waals surface area contributed by atoms with Crippen molar-refractivity contribution < 1.29 is 19.4 Å². The van der Waals surface area contributed by atoms with Gasteiger partial charge in [-0.2, -0.15) is 0 Å². The van der Waals surface area contributed by atoms with Crippen LogP contribution in [-0.2, 0) is 11.2 Å². The molecule has 4 heteroatoms. The number of hydrogen-bond acceptors (Lipinski definition) is 4. The lowest BCUT2D eigenvalue weighted by Crippen LogP contribution is -2.13. The maximum Gasteiger partial charge on any atom is 0.337 e. The van der Waals surface area contributed by atoms with Crippen molar-refractivity contribution in [2.24, 2.45) is 0 Å². The summed E-state index contributed by atoms with van der Waals surface area (Å²) in [6.45, 7) is 0.347. The molecule has 4 rings (SSSR count). The zero-order chi connectivity index (χ0) is 19.5. The Morgan fingerprint density at radius 1 is 1.00 bits per heavy atom. The van der Waals surface area contributed by atoms with Crippen LogP contribution in [0.1, 0.15) is 21.5 Å². The zero-order valence-electron chi connectivity index (χ0n) is 15.5. The van der Waals surface area contributed by atoms with E-state index in [9.17, 15) is 9.90 Å². The van der Waals surface area contributed by atoms with Crippen molar-refractivity contribution in [3.05, 3.63) is 95.1 Å². The van der Waals surface area contributed by atoms with Crippen molar-refractivity contribution in [3.63, 3.8) is 0 Å². The molecule has 0 aromatic heterocycles. The van der Waals surface area contributed by atoms with E-state index in [1.807, 2.05) is 60.7 Å². The van der Waals surface area contributed by atoms with Crippen LogP contribution < -0.4 is 4.74 Å². The molecular weight excluding hydrogens is 352 g/mol. The molecule has 4 nitrogen and oxygen atoms in total. The maximum atomic E-state index is 11.8. The van der Waals surface area contributed by atoms with E-state index in [1.165, 1.54) is 7.11 Å². The smallest absolute Gasteiger partial charge is 0.337 e. The summed E-state index contributed by atoms with van der Waals surface area (Å²) >= 11 is 0. The molecule has 0 unspecified atom stereocenters. The molecule has 1 aliphatic heterocycles. The first-order chi connectivity index (χ1) is 13.7. The number of ether oxygens (including phenoxy) is 2. The van der Waals surface area contributed by atoms with Crippen molar-refractivity contribution in [1.82, 2.24) is 0 Å². The molecule has 0 fully saturated rings. The van der Waals surface area contributed by atoms with Gasteiger partial charge in [0.05, 0.1) is 18.2 Å². The molecule has 0 saturated carbocycles. The molecule has 1 heterocycles.